The zero-order valence-corrected chi connectivity index (χ0v) is 19.2. The molecule has 10 nitrogen and oxygen atoms in total. The van der Waals surface area contributed by atoms with E-state index < -0.39 is 17.2 Å². The molecule has 3 aromatic rings. The second kappa shape index (κ2) is 10.4. The largest absolute Gasteiger partial charge is 0.383 e. The normalized spacial score (nSPS) is 12.6. The SMILES string of the molecule is COCCn1c(NC(=O)c2ccc3c(c2)NC(=O)CS3)c(NCc2ccccc2)c(=O)[nH]c1=O. The molecule has 0 bridgehead atoms. The van der Waals surface area contributed by atoms with Crippen molar-refractivity contribution in [1.29, 1.82) is 0 Å². The molecule has 0 saturated carbocycles. The summed E-state index contributed by atoms with van der Waals surface area (Å²) in [5.74, 6) is -0.340. The van der Waals surface area contributed by atoms with Crippen molar-refractivity contribution < 1.29 is 14.3 Å². The maximum absolute atomic E-state index is 13.1. The number of methoxy groups -OCH3 is 1. The minimum Gasteiger partial charge on any atom is -0.383 e. The predicted molar refractivity (Wildman–Crippen MR) is 131 cm³/mol. The summed E-state index contributed by atoms with van der Waals surface area (Å²) >= 11 is 1.39. The molecule has 0 unspecified atom stereocenters. The zero-order chi connectivity index (χ0) is 24.1. The third kappa shape index (κ3) is 5.21. The van der Waals surface area contributed by atoms with Crippen LogP contribution in [-0.4, -0.2) is 40.8 Å². The molecule has 1 aliphatic heterocycles. The summed E-state index contributed by atoms with van der Waals surface area (Å²) in [6.45, 7) is 0.602. The van der Waals surface area contributed by atoms with Gasteiger partial charge in [0.05, 0.1) is 24.6 Å². The average Bonchev–Trinajstić information content (AvgIpc) is 2.83. The van der Waals surface area contributed by atoms with E-state index in [2.05, 4.69) is 20.9 Å². The first-order chi connectivity index (χ1) is 16.5. The molecule has 4 N–H and O–H groups in total. The summed E-state index contributed by atoms with van der Waals surface area (Å²) in [6, 6.07) is 14.3. The van der Waals surface area contributed by atoms with Crippen molar-refractivity contribution in [2.75, 3.05) is 35.4 Å². The van der Waals surface area contributed by atoms with Gasteiger partial charge in [-0.25, -0.2) is 4.79 Å². The van der Waals surface area contributed by atoms with Gasteiger partial charge < -0.3 is 20.7 Å². The maximum Gasteiger partial charge on any atom is 0.330 e. The molecule has 0 spiro atoms. The quantitative estimate of drug-likeness (QED) is 0.387. The van der Waals surface area contributed by atoms with E-state index in [1.807, 2.05) is 30.3 Å². The van der Waals surface area contributed by atoms with Gasteiger partial charge >= 0.3 is 5.69 Å². The van der Waals surface area contributed by atoms with Crippen LogP contribution in [0.1, 0.15) is 15.9 Å². The van der Waals surface area contributed by atoms with Gasteiger partial charge in [-0.2, -0.15) is 0 Å². The molecular weight excluding hydrogens is 458 g/mol. The van der Waals surface area contributed by atoms with Gasteiger partial charge in [0.25, 0.3) is 11.5 Å². The number of carbonyl (C=O) groups is 2. The summed E-state index contributed by atoms with van der Waals surface area (Å²) in [5, 5.41) is 8.49. The summed E-state index contributed by atoms with van der Waals surface area (Å²) in [5.41, 5.74) is 0.447. The molecule has 0 aliphatic carbocycles. The molecular formula is C23H23N5O5S. The lowest BCUT2D eigenvalue weighted by Gasteiger charge is -2.19. The van der Waals surface area contributed by atoms with Crippen LogP contribution >= 0.6 is 11.8 Å². The van der Waals surface area contributed by atoms with Crippen molar-refractivity contribution in [3.63, 3.8) is 0 Å². The lowest BCUT2D eigenvalue weighted by molar-refractivity contribution is -0.113. The minimum absolute atomic E-state index is 0.0304. The summed E-state index contributed by atoms with van der Waals surface area (Å²) < 4.78 is 6.33. The zero-order valence-electron chi connectivity index (χ0n) is 18.3. The molecule has 2 amide bonds. The molecule has 176 valence electrons. The number of benzene rings is 2. The van der Waals surface area contributed by atoms with Crippen LogP contribution in [0.25, 0.3) is 0 Å². The monoisotopic (exact) mass is 481 g/mol. The van der Waals surface area contributed by atoms with Gasteiger partial charge in [-0.15, -0.1) is 11.8 Å². The first kappa shape index (κ1) is 23.3. The van der Waals surface area contributed by atoms with Crippen molar-refractivity contribution in [2.24, 2.45) is 0 Å². The van der Waals surface area contributed by atoms with Crippen molar-refractivity contribution in [3.8, 4) is 0 Å². The fraction of sp³-hybridized carbons (Fsp3) is 0.217. The van der Waals surface area contributed by atoms with Crippen LogP contribution in [0.3, 0.4) is 0 Å². The van der Waals surface area contributed by atoms with Crippen molar-refractivity contribution in [3.05, 3.63) is 80.5 Å². The third-order valence-corrected chi connectivity index (χ3v) is 6.21. The van der Waals surface area contributed by atoms with Gasteiger partial charge in [-0.05, 0) is 23.8 Å². The Morgan fingerprint density at radius 3 is 2.71 bits per heavy atom. The van der Waals surface area contributed by atoms with Gasteiger partial charge in [-0.3, -0.25) is 23.9 Å². The van der Waals surface area contributed by atoms with Crippen LogP contribution in [0.15, 0.2) is 63.0 Å². The Kier molecular flexibility index (Phi) is 7.14. The molecule has 4 rings (SSSR count). The first-order valence-corrected chi connectivity index (χ1v) is 11.5. The highest BCUT2D eigenvalue weighted by Gasteiger charge is 2.21. The Bertz CT molecular complexity index is 1340. The molecule has 1 aromatic heterocycles. The van der Waals surface area contributed by atoms with Gasteiger partial charge in [0, 0.05) is 24.1 Å². The first-order valence-electron chi connectivity index (χ1n) is 10.5. The van der Waals surface area contributed by atoms with Gasteiger partial charge in [-0.1, -0.05) is 30.3 Å². The highest BCUT2D eigenvalue weighted by Crippen LogP contribution is 2.32. The summed E-state index contributed by atoms with van der Waals surface area (Å²) in [7, 11) is 1.49. The molecule has 11 heteroatoms. The van der Waals surface area contributed by atoms with E-state index in [0.717, 1.165) is 10.5 Å². The van der Waals surface area contributed by atoms with E-state index in [1.54, 1.807) is 18.2 Å². The van der Waals surface area contributed by atoms with Crippen LogP contribution < -0.4 is 27.2 Å². The number of rotatable bonds is 8. The van der Waals surface area contributed by atoms with Gasteiger partial charge in [0.15, 0.2) is 0 Å². The van der Waals surface area contributed by atoms with E-state index in [9.17, 15) is 19.2 Å². The Balaban J connectivity index is 1.69. The van der Waals surface area contributed by atoms with Crippen molar-refractivity contribution in [2.45, 2.75) is 18.0 Å². The Morgan fingerprint density at radius 2 is 1.94 bits per heavy atom. The molecule has 0 saturated heterocycles. The maximum atomic E-state index is 13.1. The molecule has 34 heavy (non-hydrogen) atoms. The smallest absolute Gasteiger partial charge is 0.330 e. The fourth-order valence-corrected chi connectivity index (χ4v) is 4.24. The van der Waals surface area contributed by atoms with Crippen LogP contribution in [0.2, 0.25) is 0 Å². The summed E-state index contributed by atoms with van der Waals surface area (Å²) in [6.07, 6.45) is 0. The molecule has 1 aliphatic rings. The van der Waals surface area contributed by atoms with E-state index in [1.165, 1.54) is 23.4 Å². The topological polar surface area (TPSA) is 134 Å². The predicted octanol–water partition coefficient (Wildman–Crippen LogP) is 2.09. The van der Waals surface area contributed by atoms with E-state index in [0.29, 0.717) is 18.0 Å². The summed E-state index contributed by atoms with van der Waals surface area (Å²) in [4.78, 5) is 53.3. The number of nitrogens with one attached hydrogen (secondary N) is 4. The number of carbonyl (C=O) groups excluding carboxylic acids is 2. The Labute approximate surface area is 198 Å². The molecule has 2 heterocycles. The average molecular weight is 482 g/mol. The molecule has 0 fully saturated rings. The number of anilines is 3. The highest BCUT2D eigenvalue weighted by atomic mass is 32.2. The number of nitrogens with zero attached hydrogens (tertiary/aromatic N) is 1. The van der Waals surface area contributed by atoms with Crippen LogP contribution in [0.4, 0.5) is 17.2 Å². The number of fused-ring (bicyclic) bond motifs is 1. The van der Waals surface area contributed by atoms with Crippen LogP contribution in [0, 0.1) is 0 Å². The van der Waals surface area contributed by atoms with Gasteiger partial charge in [0.1, 0.15) is 11.5 Å². The lowest BCUT2D eigenvalue weighted by Crippen LogP contribution is -2.36. The number of amides is 2. The standard InChI is InChI=1S/C23H23N5O5S/c1-33-10-9-28-20(19(22(31)27-23(28)32)24-12-14-5-3-2-4-6-14)26-21(30)15-7-8-17-16(11-15)25-18(29)13-34-17/h2-8,11,24H,9-10,12-13H2,1H3,(H,25,29)(H,26,30)(H,27,31,32). The van der Waals surface area contributed by atoms with E-state index >= 15 is 0 Å². The van der Waals surface area contributed by atoms with E-state index in [-0.39, 0.29) is 36.1 Å². The van der Waals surface area contributed by atoms with E-state index in [4.69, 9.17) is 4.74 Å². The fourth-order valence-electron chi connectivity index (χ4n) is 3.45. The number of thioether (sulfide) groups is 1. The Hall–Kier alpha value is -3.83. The number of ether oxygens (including phenoxy) is 1. The number of hydrogen-bond acceptors (Lipinski definition) is 7. The third-order valence-electron chi connectivity index (χ3n) is 5.14. The van der Waals surface area contributed by atoms with Crippen LogP contribution in [0.5, 0.6) is 0 Å². The van der Waals surface area contributed by atoms with Crippen molar-refractivity contribution in [1.82, 2.24) is 9.55 Å². The van der Waals surface area contributed by atoms with Gasteiger partial charge in [0.2, 0.25) is 5.91 Å². The molecule has 0 atom stereocenters. The number of aromatic nitrogens is 2. The second-order valence-electron chi connectivity index (χ2n) is 7.47. The molecule has 0 radical (unpaired) electrons. The molecule has 2 aromatic carbocycles. The highest BCUT2D eigenvalue weighted by molar-refractivity contribution is 8.00. The Morgan fingerprint density at radius 1 is 1.15 bits per heavy atom. The minimum atomic E-state index is -0.670. The number of aromatic amines is 1. The van der Waals surface area contributed by atoms with Crippen LogP contribution in [-0.2, 0) is 22.6 Å². The number of hydrogen-bond donors (Lipinski definition) is 4. The second-order valence-corrected chi connectivity index (χ2v) is 8.49. The lowest BCUT2D eigenvalue weighted by atomic mass is 10.1. The van der Waals surface area contributed by atoms with Crippen molar-refractivity contribution >= 4 is 40.8 Å². The number of H-pyrrole nitrogens is 1.